The largest absolute Gasteiger partial charge is 0.391 e. The molecule has 108 valence electrons. The highest BCUT2D eigenvalue weighted by atomic mass is 16.3. The van der Waals surface area contributed by atoms with Gasteiger partial charge in [-0.1, -0.05) is 61.9 Å². The number of aliphatic hydroxyl groups excluding tert-OH is 1. The van der Waals surface area contributed by atoms with Crippen molar-refractivity contribution in [1.82, 2.24) is 0 Å². The molecule has 0 amide bonds. The first-order chi connectivity index (χ1) is 10.2. The standard InChI is InChI=1S/C19H21NO/c1-2-7-18(21)19(20)17-12-13-8-3-4-9-14(13)15-10-5-6-11-16(15)17/h3-6,8-12,18-19,21H,2,7,20H2,1H3/t18-,19+/m1/s1. The fraction of sp³-hybridized carbons (Fsp3) is 0.263. The molecular weight excluding hydrogens is 258 g/mol. The molecule has 2 nitrogen and oxygen atoms in total. The molecule has 0 aliphatic carbocycles. The van der Waals surface area contributed by atoms with Gasteiger partial charge in [-0.2, -0.15) is 0 Å². The molecule has 0 bridgehead atoms. The normalized spacial score (nSPS) is 14.4. The third-order valence-corrected chi connectivity index (χ3v) is 4.16. The van der Waals surface area contributed by atoms with Crippen molar-refractivity contribution in [2.75, 3.05) is 0 Å². The van der Waals surface area contributed by atoms with Gasteiger partial charge >= 0.3 is 0 Å². The molecule has 21 heavy (non-hydrogen) atoms. The monoisotopic (exact) mass is 279 g/mol. The number of aliphatic hydroxyl groups is 1. The SMILES string of the molecule is CCC[C@@H](O)[C@@H](N)c1cc2ccccc2c2ccccc12. The zero-order valence-corrected chi connectivity index (χ0v) is 12.3. The molecule has 0 saturated heterocycles. The van der Waals surface area contributed by atoms with Crippen LogP contribution in [0.25, 0.3) is 21.5 Å². The van der Waals surface area contributed by atoms with Crippen LogP contribution in [0, 0.1) is 0 Å². The van der Waals surface area contributed by atoms with Gasteiger partial charge in [0.2, 0.25) is 0 Å². The van der Waals surface area contributed by atoms with Gasteiger partial charge in [-0.15, -0.1) is 0 Å². The van der Waals surface area contributed by atoms with Crippen LogP contribution in [0.1, 0.15) is 31.4 Å². The number of fused-ring (bicyclic) bond motifs is 3. The van der Waals surface area contributed by atoms with Gasteiger partial charge < -0.3 is 10.8 Å². The molecule has 0 aliphatic heterocycles. The molecular formula is C19H21NO. The minimum atomic E-state index is -0.500. The summed E-state index contributed by atoms with van der Waals surface area (Å²) in [6, 6.07) is 18.4. The molecule has 0 unspecified atom stereocenters. The molecule has 3 N–H and O–H groups in total. The third kappa shape index (κ3) is 2.53. The van der Waals surface area contributed by atoms with E-state index < -0.39 is 6.10 Å². The van der Waals surface area contributed by atoms with Crippen LogP contribution in [0.15, 0.2) is 54.6 Å². The summed E-state index contributed by atoms with van der Waals surface area (Å²) in [7, 11) is 0. The van der Waals surface area contributed by atoms with Crippen molar-refractivity contribution in [3.8, 4) is 0 Å². The average molecular weight is 279 g/mol. The van der Waals surface area contributed by atoms with E-state index in [1.54, 1.807) is 0 Å². The number of rotatable bonds is 4. The van der Waals surface area contributed by atoms with Crippen molar-refractivity contribution in [1.29, 1.82) is 0 Å². The van der Waals surface area contributed by atoms with Gasteiger partial charge in [-0.3, -0.25) is 0 Å². The van der Waals surface area contributed by atoms with Crippen LogP contribution < -0.4 is 5.73 Å². The summed E-state index contributed by atoms with van der Waals surface area (Å²) in [5.74, 6) is 0. The molecule has 0 fully saturated rings. The van der Waals surface area contributed by atoms with E-state index in [2.05, 4.69) is 43.3 Å². The molecule has 0 heterocycles. The van der Waals surface area contributed by atoms with Crippen LogP contribution in [0.5, 0.6) is 0 Å². The Bertz CT molecular complexity index is 766. The molecule has 3 aromatic rings. The molecule has 0 radical (unpaired) electrons. The highest BCUT2D eigenvalue weighted by Crippen LogP contribution is 2.32. The fourth-order valence-electron chi connectivity index (χ4n) is 3.04. The molecule has 0 aromatic heterocycles. The van der Waals surface area contributed by atoms with Crippen molar-refractivity contribution in [2.24, 2.45) is 5.73 Å². The summed E-state index contributed by atoms with van der Waals surface area (Å²) in [4.78, 5) is 0. The minimum Gasteiger partial charge on any atom is -0.391 e. The number of nitrogens with two attached hydrogens (primary N) is 1. The van der Waals surface area contributed by atoms with Crippen LogP contribution in [0.2, 0.25) is 0 Å². The molecule has 3 rings (SSSR count). The Morgan fingerprint density at radius 2 is 1.57 bits per heavy atom. The van der Waals surface area contributed by atoms with Gasteiger partial charge in [0, 0.05) is 0 Å². The zero-order chi connectivity index (χ0) is 14.8. The second kappa shape index (κ2) is 5.84. The highest BCUT2D eigenvalue weighted by Gasteiger charge is 2.19. The van der Waals surface area contributed by atoms with Crippen LogP contribution in [0.3, 0.4) is 0 Å². The summed E-state index contributed by atoms with van der Waals surface area (Å²) >= 11 is 0. The number of hydrogen-bond donors (Lipinski definition) is 2. The first-order valence-electron chi connectivity index (χ1n) is 7.56. The van der Waals surface area contributed by atoms with E-state index in [1.807, 2.05) is 18.2 Å². The predicted octanol–water partition coefficient (Wildman–Crippen LogP) is 4.15. The van der Waals surface area contributed by atoms with Crippen LogP contribution in [0.4, 0.5) is 0 Å². The molecule has 3 aromatic carbocycles. The van der Waals surface area contributed by atoms with Crippen molar-refractivity contribution >= 4 is 21.5 Å². The van der Waals surface area contributed by atoms with Gasteiger partial charge in [0.1, 0.15) is 0 Å². The maximum absolute atomic E-state index is 10.3. The minimum absolute atomic E-state index is 0.348. The van der Waals surface area contributed by atoms with Gasteiger partial charge in [-0.05, 0) is 39.6 Å². The fourth-order valence-corrected chi connectivity index (χ4v) is 3.04. The summed E-state index contributed by atoms with van der Waals surface area (Å²) in [6.07, 6.45) is 1.16. The Balaban J connectivity index is 2.25. The van der Waals surface area contributed by atoms with E-state index in [-0.39, 0.29) is 6.04 Å². The lowest BCUT2D eigenvalue weighted by Gasteiger charge is -2.21. The Labute approximate surface area is 125 Å². The second-order valence-electron chi connectivity index (χ2n) is 5.61. The Morgan fingerprint density at radius 1 is 0.952 bits per heavy atom. The zero-order valence-electron chi connectivity index (χ0n) is 12.3. The summed E-state index contributed by atoms with van der Waals surface area (Å²) in [5.41, 5.74) is 7.36. The third-order valence-electron chi connectivity index (χ3n) is 4.16. The average Bonchev–Trinajstić information content (AvgIpc) is 2.53. The molecule has 2 heteroatoms. The van der Waals surface area contributed by atoms with Gasteiger partial charge in [0.25, 0.3) is 0 Å². The maximum atomic E-state index is 10.3. The Hall–Kier alpha value is -1.90. The first-order valence-corrected chi connectivity index (χ1v) is 7.56. The predicted molar refractivity (Wildman–Crippen MR) is 89.3 cm³/mol. The van der Waals surface area contributed by atoms with Crippen molar-refractivity contribution in [3.63, 3.8) is 0 Å². The van der Waals surface area contributed by atoms with Crippen molar-refractivity contribution < 1.29 is 5.11 Å². The molecule has 2 atom stereocenters. The maximum Gasteiger partial charge on any atom is 0.0732 e. The second-order valence-corrected chi connectivity index (χ2v) is 5.61. The van der Waals surface area contributed by atoms with Gasteiger partial charge in [0.15, 0.2) is 0 Å². The Morgan fingerprint density at radius 3 is 2.29 bits per heavy atom. The molecule has 0 saturated carbocycles. The lowest BCUT2D eigenvalue weighted by molar-refractivity contribution is 0.135. The van der Waals surface area contributed by atoms with E-state index in [0.29, 0.717) is 0 Å². The van der Waals surface area contributed by atoms with Gasteiger partial charge in [-0.25, -0.2) is 0 Å². The molecule has 0 spiro atoms. The lowest BCUT2D eigenvalue weighted by atomic mass is 9.90. The van der Waals surface area contributed by atoms with E-state index in [0.717, 1.165) is 23.8 Å². The quantitative estimate of drug-likeness (QED) is 0.705. The lowest BCUT2D eigenvalue weighted by Crippen LogP contribution is -2.26. The van der Waals surface area contributed by atoms with Crippen molar-refractivity contribution in [2.45, 2.75) is 31.9 Å². The van der Waals surface area contributed by atoms with E-state index in [4.69, 9.17) is 5.73 Å². The summed E-state index contributed by atoms with van der Waals surface area (Å²) < 4.78 is 0. The summed E-state index contributed by atoms with van der Waals surface area (Å²) in [5, 5.41) is 15.0. The number of benzene rings is 3. The topological polar surface area (TPSA) is 46.2 Å². The smallest absolute Gasteiger partial charge is 0.0732 e. The van der Waals surface area contributed by atoms with Crippen LogP contribution in [-0.4, -0.2) is 11.2 Å². The summed E-state index contributed by atoms with van der Waals surface area (Å²) in [6.45, 7) is 2.06. The number of hydrogen-bond acceptors (Lipinski definition) is 2. The van der Waals surface area contributed by atoms with Gasteiger partial charge in [0.05, 0.1) is 12.1 Å². The Kier molecular flexibility index (Phi) is 3.91. The first kappa shape index (κ1) is 14.1. The van der Waals surface area contributed by atoms with Crippen LogP contribution >= 0.6 is 0 Å². The van der Waals surface area contributed by atoms with Crippen molar-refractivity contribution in [3.05, 3.63) is 60.2 Å². The van der Waals surface area contributed by atoms with E-state index in [9.17, 15) is 5.11 Å². The van der Waals surface area contributed by atoms with E-state index in [1.165, 1.54) is 16.2 Å². The highest BCUT2D eigenvalue weighted by molar-refractivity contribution is 6.09. The van der Waals surface area contributed by atoms with E-state index >= 15 is 0 Å². The molecule has 0 aliphatic rings. The van der Waals surface area contributed by atoms with Crippen LogP contribution in [-0.2, 0) is 0 Å².